The largest absolute Gasteiger partial charge is 0.472 e. The molecule has 17 nitrogen and oxygen atoms in total. The van der Waals surface area contributed by atoms with E-state index in [1.54, 1.807) is 0 Å². The molecule has 0 aromatic heterocycles. The predicted octanol–water partition coefficient (Wildman–Crippen LogP) is 18.8. The van der Waals surface area contributed by atoms with E-state index in [-0.39, 0.29) is 25.7 Å². The summed E-state index contributed by atoms with van der Waals surface area (Å²) in [5, 5.41) is 10.6. The molecule has 19 heteroatoms. The topological polar surface area (TPSA) is 237 Å². The third-order valence-corrected chi connectivity index (χ3v) is 17.4. The van der Waals surface area contributed by atoms with Crippen molar-refractivity contribution in [2.75, 3.05) is 39.6 Å². The molecule has 0 heterocycles. The van der Waals surface area contributed by atoms with Gasteiger partial charge in [0.25, 0.3) is 0 Å². The number of carbonyl (C=O) groups is 4. The Morgan fingerprint density at radius 1 is 0.314 bits per heavy atom. The van der Waals surface area contributed by atoms with Crippen LogP contribution in [0.5, 0.6) is 0 Å². The molecule has 2 unspecified atom stereocenters. The molecule has 0 saturated heterocycles. The number of hydrogen-bond acceptors (Lipinski definition) is 15. The highest BCUT2D eigenvalue weighted by Gasteiger charge is 2.30. The van der Waals surface area contributed by atoms with Gasteiger partial charge in [0.05, 0.1) is 26.4 Å². The number of aliphatic hydroxyl groups excluding tert-OH is 1. The monoisotopic (exact) mass is 1270 g/mol. The molecule has 0 rings (SSSR count). The van der Waals surface area contributed by atoms with Crippen molar-refractivity contribution in [3.63, 3.8) is 0 Å². The van der Waals surface area contributed by atoms with E-state index in [1.165, 1.54) is 154 Å². The van der Waals surface area contributed by atoms with Crippen LogP contribution in [0, 0.1) is 11.8 Å². The van der Waals surface area contributed by atoms with Crippen LogP contribution < -0.4 is 0 Å². The predicted molar refractivity (Wildman–Crippen MR) is 345 cm³/mol. The third kappa shape index (κ3) is 60.9. The fourth-order valence-electron chi connectivity index (χ4n) is 10.1. The van der Waals surface area contributed by atoms with E-state index in [2.05, 4.69) is 41.5 Å². The Hall–Kier alpha value is -1.94. The van der Waals surface area contributed by atoms with Gasteiger partial charge in [0.15, 0.2) is 12.2 Å². The van der Waals surface area contributed by atoms with Gasteiger partial charge >= 0.3 is 39.5 Å². The number of unbranched alkanes of at least 4 members (excludes halogenated alkanes) is 36. The Bertz CT molecular complexity index is 1680. The van der Waals surface area contributed by atoms with Crippen LogP contribution >= 0.6 is 15.6 Å². The van der Waals surface area contributed by atoms with Crippen LogP contribution in [0.15, 0.2) is 0 Å². The summed E-state index contributed by atoms with van der Waals surface area (Å²) < 4.78 is 68.1. The molecule has 5 atom stereocenters. The van der Waals surface area contributed by atoms with Crippen molar-refractivity contribution in [1.82, 2.24) is 0 Å². The van der Waals surface area contributed by atoms with Crippen molar-refractivity contribution in [3.05, 3.63) is 0 Å². The van der Waals surface area contributed by atoms with Crippen molar-refractivity contribution in [2.24, 2.45) is 11.8 Å². The van der Waals surface area contributed by atoms with Gasteiger partial charge in [-0.3, -0.25) is 37.3 Å². The summed E-state index contributed by atoms with van der Waals surface area (Å²) in [6, 6.07) is 0. The summed E-state index contributed by atoms with van der Waals surface area (Å²) in [7, 11) is -9.89. The van der Waals surface area contributed by atoms with Gasteiger partial charge in [0, 0.05) is 25.7 Å². The van der Waals surface area contributed by atoms with E-state index in [1.807, 2.05) is 0 Å². The first-order valence-electron chi connectivity index (χ1n) is 35.0. The summed E-state index contributed by atoms with van der Waals surface area (Å²) in [6.45, 7) is 9.45. The lowest BCUT2D eigenvalue weighted by molar-refractivity contribution is -0.161. The van der Waals surface area contributed by atoms with Gasteiger partial charge in [-0.05, 0) is 37.5 Å². The standard InChI is InChI=1S/C67H130O17P2/c1-7-9-11-13-15-17-18-19-20-21-25-33-39-45-51-66(71)83-62(56-78-65(70)50-44-38-32-26-22-24-29-35-41-47-59(3)4)57-81-85(73,74)79-53-61(68)54-80-86(75,76)82-58-63(55-77-64(69)49-43-37-31-23-16-14-12-10-8-2)84-67(72)52-46-40-34-28-27-30-36-42-48-60(5)6/h59-63,68H,7-58H2,1-6H3,(H,73,74)(H,75,76)/t61-,62-,63-/m1/s1. The zero-order chi connectivity index (χ0) is 63.6. The molecular weight excluding hydrogens is 1140 g/mol. The molecule has 0 amide bonds. The van der Waals surface area contributed by atoms with Crippen molar-refractivity contribution in [3.8, 4) is 0 Å². The second-order valence-electron chi connectivity index (χ2n) is 25.2. The van der Waals surface area contributed by atoms with Crippen LogP contribution in [-0.4, -0.2) is 96.7 Å². The fraction of sp³-hybridized carbons (Fsp3) is 0.940. The van der Waals surface area contributed by atoms with Crippen LogP contribution in [0.1, 0.15) is 337 Å². The van der Waals surface area contributed by atoms with Crippen LogP contribution in [-0.2, 0) is 65.4 Å². The van der Waals surface area contributed by atoms with Gasteiger partial charge in [0.1, 0.15) is 19.3 Å². The van der Waals surface area contributed by atoms with Gasteiger partial charge in [0.2, 0.25) is 0 Å². The molecule has 0 fully saturated rings. The van der Waals surface area contributed by atoms with Crippen molar-refractivity contribution >= 4 is 39.5 Å². The number of rotatable bonds is 66. The first-order chi connectivity index (χ1) is 41.4. The van der Waals surface area contributed by atoms with Crippen LogP contribution in [0.25, 0.3) is 0 Å². The Labute approximate surface area is 524 Å². The fourth-order valence-corrected chi connectivity index (χ4v) is 11.6. The van der Waals surface area contributed by atoms with Crippen LogP contribution in [0.3, 0.4) is 0 Å². The van der Waals surface area contributed by atoms with Crippen molar-refractivity contribution < 1.29 is 80.2 Å². The van der Waals surface area contributed by atoms with E-state index >= 15 is 0 Å². The van der Waals surface area contributed by atoms with Crippen molar-refractivity contribution in [1.29, 1.82) is 0 Å². The Kier molecular flexibility index (Phi) is 58.0. The Balaban J connectivity index is 5.24. The maximum atomic E-state index is 13.0. The molecule has 86 heavy (non-hydrogen) atoms. The zero-order valence-corrected chi connectivity index (χ0v) is 57.4. The highest BCUT2D eigenvalue weighted by atomic mass is 31.2. The second-order valence-corrected chi connectivity index (χ2v) is 28.1. The highest BCUT2D eigenvalue weighted by molar-refractivity contribution is 7.47. The molecule has 0 aromatic rings. The third-order valence-electron chi connectivity index (χ3n) is 15.5. The molecule has 0 aliphatic heterocycles. The normalized spacial score (nSPS) is 14.2. The molecule has 510 valence electrons. The zero-order valence-electron chi connectivity index (χ0n) is 55.6. The summed E-state index contributed by atoms with van der Waals surface area (Å²) in [6.07, 6.45) is 43.0. The molecular formula is C67H130O17P2. The average molecular weight is 1270 g/mol. The first-order valence-corrected chi connectivity index (χ1v) is 38.0. The SMILES string of the molecule is CCCCCCCCCCCCCCCCC(=O)O[C@H](COC(=O)CCCCCCCCCCCC(C)C)COP(=O)(O)OC[C@@H](O)COP(=O)(O)OC[C@@H](COC(=O)CCCCCCCCCCC)OC(=O)CCCCCCCCCCC(C)C. The van der Waals surface area contributed by atoms with E-state index in [0.717, 1.165) is 102 Å². The quantitative estimate of drug-likeness (QED) is 0.0222. The summed E-state index contributed by atoms with van der Waals surface area (Å²) in [5.41, 5.74) is 0. The molecule has 0 bridgehead atoms. The minimum absolute atomic E-state index is 0.104. The Morgan fingerprint density at radius 2 is 0.535 bits per heavy atom. The molecule has 0 aliphatic carbocycles. The maximum Gasteiger partial charge on any atom is 0.472 e. The summed E-state index contributed by atoms with van der Waals surface area (Å²) in [5.74, 6) is -0.668. The van der Waals surface area contributed by atoms with Gasteiger partial charge < -0.3 is 33.8 Å². The highest BCUT2D eigenvalue weighted by Crippen LogP contribution is 2.45. The number of phosphoric acid groups is 2. The lowest BCUT2D eigenvalue weighted by Crippen LogP contribution is -2.30. The van der Waals surface area contributed by atoms with E-state index in [4.69, 9.17) is 37.0 Å². The minimum Gasteiger partial charge on any atom is -0.462 e. The molecule has 0 aliphatic rings. The smallest absolute Gasteiger partial charge is 0.462 e. The van der Waals surface area contributed by atoms with Crippen molar-refractivity contribution in [2.45, 2.75) is 355 Å². The second kappa shape index (κ2) is 59.4. The number of ether oxygens (including phenoxy) is 4. The molecule has 0 aromatic carbocycles. The summed E-state index contributed by atoms with van der Waals surface area (Å²) >= 11 is 0. The minimum atomic E-state index is -4.95. The maximum absolute atomic E-state index is 13.0. The number of carbonyl (C=O) groups excluding carboxylic acids is 4. The van der Waals surface area contributed by atoms with E-state index in [0.29, 0.717) is 25.7 Å². The Morgan fingerprint density at radius 3 is 0.791 bits per heavy atom. The van der Waals surface area contributed by atoms with E-state index in [9.17, 15) is 43.2 Å². The van der Waals surface area contributed by atoms with Crippen LogP contribution in [0.2, 0.25) is 0 Å². The number of aliphatic hydroxyl groups is 1. The molecule has 0 spiro atoms. The lowest BCUT2D eigenvalue weighted by atomic mass is 10.0. The molecule has 0 radical (unpaired) electrons. The van der Waals surface area contributed by atoms with Gasteiger partial charge in [-0.1, -0.05) is 286 Å². The number of phosphoric ester groups is 2. The number of esters is 4. The number of hydrogen-bond donors (Lipinski definition) is 3. The lowest BCUT2D eigenvalue weighted by Gasteiger charge is -2.21. The summed E-state index contributed by atoms with van der Waals surface area (Å²) in [4.78, 5) is 72.3. The van der Waals surface area contributed by atoms with Gasteiger partial charge in [-0.2, -0.15) is 0 Å². The molecule has 3 N–H and O–H groups in total. The van der Waals surface area contributed by atoms with Crippen LogP contribution in [0.4, 0.5) is 0 Å². The first kappa shape index (κ1) is 84.1. The molecule has 0 saturated carbocycles. The van der Waals surface area contributed by atoms with Gasteiger partial charge in [-0.25, -0.2) is 9.13 Å². The average Bonchev–Trinajstić information content (AvgIpc) is 3.64. The van der Waals surface area contributed by atoms with Gasteiger partial charge in [-0.15, -0.1) is 0 Å². The van der Waals surface area contributed by atoms with E-state index < -0.39 is 97.5 Å².